The Balaban J connectivity index is 1.30. The van der Waals surface area contributed by atoms with E-state index >= 15 is 0 Å². The number of hydrogen-bond acceptors (Lipinski definition) is 3. The topological polar surface area (TPSA) is 41.6 Å². The van der Waals surface area contributed by atoms with Crippen LogP contribution in [-0.2, 0) is 17.6 Å². The van der Waals surface area contributed by atoms with Gasteiger partial charge in [-0.2, -0.15) is 0 Å². The van der Waals surface area contributed by atoms with Crippen molar-refractivity contribution >= 4 is 11.6 Å². The normalized spacial score (nSPS) is 17.5. The Bertz CT molecular complexity index is 756. The fraction of sp³-hybridized carbons (Fsp3) is 0.435. The van der Waals surface area contributed by atoms with Gasteiger partial charge in [-0.15, -0.1) is 0 Å². The molecule has 1 amide bonds. The van der Waals surface area contributed by atoms with Crippen LogP contribution in [0.2, 0.25) is 0 Å². The molecule has 0 spiro atoms. The molecule has 4 nitrogen and oxygen atoms in total. The molecular weight excluding hydrogens is 336 g/mol. The highest BCUT2D eigenvalue weighted by Gasteiger charge is 2.23. The molecule has 142 valence electrons. The molecule has 1 aliphatic carbocycles. The third kappa shape index (κ3) is 4.16. The van der Waals surface area contributed by atoms with Crippen molar-refractivity contribution in [1.29, 1.82) is 0 Å². The van der Waals surface area contributed by atoms with Gasteiger partial charge in [0, 0.05) is 44.1 Å². The maximum absolute atomic E-state index is 12.7. The first-order chi connectivity index (χ1) is 13.2. The molecule has 2 aliphatic rings. The van der Waals surface area contributed by atoms with Crippen molar-refractivity contribution in [3.63, 3.8) is 0 Å². The summed E-state index contributed by atoms with van der Waals surface area (Å²) in [5.41, 5.74) is 4.81. The zero-order valence-electron chi connectivity index (χ0n) is 16.0. The largest absolute Gasteiger partial charge is 0.385 e. The van der Waals surface area contributed by atoms with E-state index in [1.54, 1.807) is 0 Å². The first-order valence-electron chi connectivity index (χ1n) is 9.96. The Morgan fingerprint density at radius 2 is 1.67 bits per heavy atom. The molecule has 2 aromatic carbocycles. The number of fused-ring (bicyclic) bond motifs is 1. The first kappa shape index (κ1) is 18.1. The summed E-state index contributed by atoms with van der Waals surface area (Å²) in [7, 11) is 1.91. The quantitative estimate of drug-likeness (QED) is 0.878. The van der Waals surface area contributed by atoms with Crippen LogP contribution in [0.1, 0.15) is 34.3 Å². The molecular formula is C23H28N2O2. The van der Waals surface area contributed by atoms with Gasteiger partial charge < -0.3 is 15.0 Å². The molecule has 1 aliphatic heterocycles. The van der Waals surface area contributed by atoms with Gasteiger partial charge in [0.15, 0.2) is 0 Å². The second-order valence-corrected chi connectivity index (χ2v) is 7.76. The van der Waals surface area contributed by atoms with Gasteiger partial charge in [-0.1, -0.05) is 24.3 Å². The van der Waals surface area contributed by atoms with E-state index in [0.29, 0.717) is 5.92 Å². The van der Waals surface area contributed by atoms with E-state index in [0.717, 1.165) is 56.7 Å². The molecule has 4 rings (SSSR count). The van der Waals surface area contributed by atoms with E-state index in [9.17, 15) is 4.79 Å². The number of nitrogens with one attached hydrogen (secondary N) is 1. The van der Waals surface area contributed by atoms with Crippen molar-refractivity contribution in [3.8, 4) is 0 Å². The second-order valence-electron chi connectivity index (χ2n) is 7.76. The highest BCUT2D eigenvalue weighted by Crippen LogP contribution is 2.26. The average Bonchev–Trinajstić information content (AvgIpc) is 3.15. The van der Waals surface area contributed by atoms with E-state index in [-0.39, 0.29) is 11.9 Å². The number of rotatable bonds is 5. The summed E-state index contributed by atoms with van der Waals surface area (Å²) in [6, 6.07) is 16.9. The minimum Gasteiger partial charge on any atom is -0.385 e. The maximum atomic E-state index is 12.7. The van der Waals surface area contributed by atoms with Gasteiger partial charge in [-0.3, -0.25) is 4.79 Å². The summed E-state index contributed by atoms with van der Waals surface area (Å²) in [6.45, 7) is 2.45. The van der Waals surface area contributed by atoms with E-state index in [2.05, 4.69) is 29.6 Å². The van der Waals surface area contributed by atoms with Crippen molar-refractivity contribution in [1.82, 2.24) is 4.90 Å². The molecule has 1 fully saturated rings. The molecule has 0 radical (unpaired) electrons. The Morgan fingerprint density at radius 3 is 2.30 bits per heavy atom. The summed E-state index contributed by atoms with van der Waals surface area (Å²) in [4.78, 5) is 14.6. The lowest BCUT2D eigenvalue weighted by molar-refractivity contribution is 0.0362. The lowest BCUT2D eigenvalue weighted by Crippen LogP contribution is -2.40. The Labute approximate surface area is 161 Å². The number of benzene rings is 2. The van der Waals surface area contributed by atoms with Gasteiger partial charge in [-0.05, 0) is 67.0 Å². The fourth-order valence-electron chi connectivity index (χ4n) is 4.23. The number of nitrogens with zero attached hydrogens (tertiary/aromatic N) is 1. The summed E-state index contributed by atoms with van der Waals surface area (Å²) in [5, 5.41) is 3.54. The predicted octanol–water partition coefficient (Wildman–Crippen LogP) is 3.76. The monoisotopic (exact) mass is 364 g/mol. The van der Waals surface area contributed by atoms with Crippen LogP contribution in [0.15, 0.2) is 48.5 Å². The second kappa shape index (κ2) is 8.13. The van der Waals surface area contributed by atoms with Crippen molar-refractivity contribution < 1.29 is 9.53 Å². The number of ether oxygens (including phenoxy) is 1. The van der Waals surface area contributed by atoms with Crippen LogP contribution < -0.4 is 5.32 Å². The molecule has 4 heteroatoms. The van der Waals surface area contributed by atoms with Crippen LogP contribution >= 0.6 is 0 Å². The van der Waals surface area contributed by atoms with Gasteiger partial charge in [0.1, 0.15) is 0 Å². The summed E-state index contributed by atoms with van der Waals surface area (Å²) in [6.07, 6.45) is 4.14. The van der Waals surface area contributed by atoms with Gasteiger partial charge >= 0.3 is 0 Å². The lowest BCUT2D eigenvalue weighted by Gasteiger charge is -2.31. The molecule has 1 saturated heterocycles. The first-order valence-corrected chi connectivity index (χ1v) is 9.96. The van der Waals surface area contributed by atoms with Gasteiger partial charge in [0.2, 0.25) is 0 Å². The number of amides is 1. The highest BCUT2D eigenvalue weighted by molar-refractivity contribution is 5.94. The van der Waals surface area contributed by atoms with Gasteiger partial charge in [-0.25, -0.2) is 0 Å². The molecule has 1 heterocycles. The van der Waals surface area contributed by atoms with Crippen LogP contribution in [0.3, 0.4) is 0 Å². The zero-order valence-corrected chi connectivity index (χ0v) is 16.0. The highest BCUT2D eigenvalue weighted by atomic mass is 16.5. The SMILES string of the molecule is CN(C(=O)c1ccc(NCC2Cc3ccccc3C2)cc1)C1CCOCC1. The van der Waals surface area contributed by atoms with Crippen molar-refractivity contribution in [2.24, 2.45) is 5.92 Å². The molecule has 0 aromatic heterocycles. The number of anilines is 1. The summed E-state index contributed by atoms with van der Waals surface area (Å²) >= 11 is 0. The summed E-state index contributed by atoms with van der Waals surface area (Å²) in [5.74, 6) is 0.739. The van der Waals surface area contributed by atoms with Gasteiger partial charge in [0.05, 0.1) is 0 Å². The lowest BCUT2D eigenvalue weighted by atomic mass is 10.1. The van der Waals surface area contributed by atoms with E-state index in [4.69, 9.17) is 4.74 Å². The van der Waals surface area contributed by atoms with Crippen molar-refractivity contribution in [2.45, 2.75) is 31.7 Å². The molecule has 27 heavy (non-hydrogen) atoms. The summed E-state index contributed by atoms with van der Waals surface area (Å²) < 4.78 is 5.39. The van der Waals surface area contributed by atoms with Crippen LogP contribution in [-0.4, -0.2) is 43.7 Å². The van der Waals surface area contributed by atoms with E-state index < -0.39 is 0 Å². The minimum atomic E-state index is 0.0969. The molecule has 0 bridgehead atoms. The number of carbonyl (C=O) groups excluding carboxylic acids is 1. The Morgan fingerprint density at radius 1 is 1.04 bits per heavy atom. The number of hydrogen-bond donors (Lipinski definition) is 1. The molecule has 1 N–H and O–H groups in total. The average molecular weight is 364 g/mol. The molecule has 0 atom stereocenters. The zero-order chi connectivity index (χ0) is 18.6. The van der Waals surface area contributed by atoms with Crippen LogP contribution in [0.5, 0.6) is 0 Å². The molecule has 0 saturated carbocycles. The maximum Gasteiger partial charge on any atom is 0.253 e. The smallest absolute Gasteiger partial charge is 0.253 e. The standard InChI is InChI=1S/C23H28N2O2/c1-25(22-10-12-27-13-11-22)23(26)18-6-8-21(9-7-18)24-16-17-14-19-4-2-3-5-20(19)15-17/h2-9,17,22,24H,10-16H2,1H3. The third-order valence-electron chi connectivity index (χ3n) is 5.92. The van der Waals surface area contributed by atoms with Gasteiger partial charge in [0.25, 0.3) is 5.91 Å². The predicted molar refractivity (Wildman–Crippen MR) is 108 cm³/mol. The van der Waals surface area contributed by atoms with Crippen molar-refractivity contribution in [3.05, 3.63) is 65.2 Å². The van der Waals surface area contributed by atoms with Crippen LogP contribution in [0.25, 0.3) is 0 Å². The van der Waals surface area contributed by atoms with Crippen molar-refractivity contribution in [2.75, 3.05) is 32.1 Å². The fourth-order valence-corrected chi connectivity index (χ4v) is 4.23. The Kier molecular flexibility index (Phi) is 5.44. The minimum absolute atomic E-state index is 0.0969. The van der Waals surface area contributed by atoms with E-state index in [1.807, 2.05) is 36.2 Å². The molecule has 0 unspecified atom stereocenters. The Hall–Kier alpha value is -2.33. The van der Waals surface area contributed by atoms with Crippen LogP contribution in [0.4, 0.5) is 5.69 Å². The molecule has 2 aromatic rings. The third-order valence-corrected chi connectivity index (χ3v) is 5.92. The van der Waals surface area contributed by atoms with E-state index in [1.165, 1.54) is 11.1 Å². The number of carbonyl (C=O) groups is 1. The van der Waals surface area contributed by atoms with Crippen LogP contribution in [0, 0.1) is 5.92 Å².